The lowest BCUT2D eigenvalue weighted by molar-refractivity contribution is 0.0692. The number of imidazole rings is 1. The molecule has 0 aliphatic rings. The summed E-state index contributed by atoms with van der Waals surface area (Å²) in [4.78, 5) is 18.1. The van der Waals surface area contributed by atoms with Crippen molar-refractivity contribution in [3.63, 3.8) is 0 Å². The van der Waals surface area contributed by atoms with Crippen molar-refractivity contribution in [2.75, 3.05) is 6.61 Å². The molecule has 0 unspecified atom stereocenters. The zero-order valence-electron chi connectivity index (χ0n) is 10.2. The molecule has 5 nitrogen and oxygen atoms in total. The minimum Gasteiger partial charge on any atom is -0.494 e. The normalized spacial score (nSPS) is 10.3. The molecule has 0 fully saturated rings. The fourth-order valence-electron chi connectivity index (χ4n) is 1.76. The van der Waals surface area contributed by atoms with E-state index in [1.165, 1.54) is 0 Å². The van der Waals surface area contributed by atoms with Gasteiger partial charge in [-0.1, -0.05) is 12.1 Å². The molecule has 0 saturated heterocycles. The van der Waals surface area contributed by atoms with Gasteiger partial charge in [-0.3, -0.25) is 0 Å². The summed E-state index contributed by atoms with van der Waals surface area (Å²) in [5, 5.41) is 9.11. The van der Waals surface area contributed by atoms with E-state index in [2.05, 4.69) is 9.97 Å². The van der Waals surface area contributed by atoms with Crippen LogP contribution in [-0.2, 0) is 0 Å². The maximum atomic E-state index is 11.1. The topological polar surface area (TPSA) is 75.2 Å². The Kier molecular flexibility index (Phi) is 3.32. The summed E-state index contributed by atoms with van der Waals surface area (Å²) in [6.07, 6.45) is 0. The number of ether oxygens (including phenoxy) is 1. The number of carboxylic acid groups (broad SMARTS) is 1. The van der Waals surface area contributed by atoms with Gasteiger partial charge in [0, 0.05) is 5.56 Å². The standard InChI is InChI=1S/C13H14N2O3/c1-3-18-10-6-4-5-9(7-10)11-12(13(16)17)15-8(2)14-11/h4-7H,3H2,1-2H3,(H,14,15)(H,16,17). The van der Waals surface area contributed by atoms with Crippen LogP contribution in [0, 0.1) is 6.92 Å². The van der Waals surface area contributed by atoms with Crippen molar-refractivity contribution >= 4 is 5.97 Å². The summed E-state index contributed by atoms with van der Waals surface area (Å²) < 4.78 is 5.39. The molecular weight excluding hydrogens is 232 g/mol. The van der Waals surface area contributed by atoms with Gasteiger partial charge in [0.1, 0.15) is 17.3 Å². The minimum absolute atomic E-state index is 0.0983. The number of nitrogens with one attached hydrogen (secondary N) is 1. The number of hydrogen-bond donors (Lipinski definition) is 2. The number of carboxylic acids is 1. The smallest absolute Gasteiger partial charge is 0.354 e. The van der Waals surface area contributed by atoms with E-state index in [0.29, 0.717) is 23.9 Å². The quantitative estimate of drug-likeness (QED) is 0.869. The van der Waals surface area contributed by atoms with Crippen LogP contribution in [0.3, 0.4) is 0 Å². The predicted molar refractivity (Wildman–Crippen MR) is 66.9 cm³/mol. The van der Waals surface area contributed by atoms with Crippen LogP contribution in [0.1, 0.15) is 23.2 Å². The lowest BCUT2D eigenvalue weighted by Gasteiger charge is -2.04. The lowest BCUT2D eigenvalue weighted by atomic mass is 10.1. The Hall–Kier alpha value is -2.30. The van der Waals surface area contributed by atoms with E-state index < -0.39 is 5.97 Å². The maximum absolute atomic E-state index is 11.1. The number of aromatic nitrogens is 2. The van der Waals surface area contributed by atoms with Gasteiger partial charge >= 0.3 is 5.97 Å². The van der Waals surface area contributed by atoms with Crippen molar-refractivity contribution in [1.29, 1.82) is 0 Å². The van der Waals surface area contributed by atoms with E-state index in [-0.39, 0.29) is 5.69 Å². The molecular formula is C13H14N2O3. The molecule has 0 radical (unpaired) electrons. The number of carbonyl (C=O) groups is 1. The fraction of sp³-hybridized carbons (Fsp3) is 0.231. The van der Waals surface area contributed by atoms with Gasteiger partial charge in [0.25, 0.3) is 0 Å². The maximum Gasteiger partial charge on any atom is 0.354 e. The Morgan fingerprint density at radius 2 is 2.28 bits per heavy atom. The number of H-pyrrole nitrogens is 1. The third-order valence-electron chi connectivity index (χ3n) is 2.45. The highest BCUT2D eigenvalue weighted by molar-refractivity contribution is 5.93. The first-order chi connectivity index (χ1) is 8.61. The number of benzene rings is 1. The Bertz CT molecular complexity index is 575. The Balaban J connectivity index is 2.47. The molecule has 18 heavy (non-hydrogen) atoms. The summed E-state index contributed by atoms with van der Waals surface area (Å²) in [5.41, 5.74) is 1.26. The highest BCUT2D eigenvalue weighted by Crippen LogP contribution is 2.25. The molecule has 2 aromatic rings. The van der Waals surface area contributed by atoms with Crippen molar-refractivity contribution in [2.24, 2.45) is 0 Å². The van der Waals surface area contributed by atoms with E-state index in [9.17, 15) is 4.79 Å². The van der Waals surface area contributed by atoms with E-state index >= 15 is 0 Å². The summed E-state index contributed by atoms with van der Waals surface area (Å²) in [6.45, 7) is 4.19. The molecule has 0 spiro atoms. The third kappa shape index (κ3) is 2.34. The Morgan fingerprint density at radius 1 is 1.50 bits per heavy atom. The van der Waals surface area contributed by atoms with E-state index in [4.69, 9.17) is 9.84 Å². The van der Waals surface area contributed by atoms with Crippen LogP contribution in [0.15, 0.2) is 24.3 Å². The van der Waals surface area contributed by atoms with Gasteiger partial charge in [-0.25, -0.2) is 9.78 Å². The second kappa shape index (κ2) is 4.91. The summed E-state index contributed by atoms with van der Waals surface area (Å²) in [6, 6.07) is 7.24. The number of aryl methyl sites for hydroxylation is 1. The van der Waals surface area contributed by atoms with Crippen molar-refractivity contribution in [3.8, 4) is 17.0 Å². The molecule has 0 aliphatic heterocycles. The minimum atomic E-state index is -1.02. The van der Waals surface area contributed by atoms with Crippen LogP contribution in [0.4, 0.5) is 0 Å². The van der Waals surface area contributed by atoms with Crippen LogP contribution >= 0.6 is 0 Å². The molecule has 0 saturated carbocycles. The molecule has 1 heterocycles. The van der Waals surface area contributed by atoms with E-state index in [1.807, 2.05) is 25.1 Å². The first kappa shape index (κ1) is 12.2. The average molecular weight is 246 g/mol. The van der Waals surface area contributed by atoms with Gasteiger partial charge in [0.2, 0.25) is 0 Å². The number of hydrogen-bond acceptors (Lipinski definition) is 3. The summed E-state index contributed by atoms with van der Waals surface area (Å²) >= 11 is 0. The van der Waals surface area contributed by atoms with E-state index in [1.54, 1.807) is 13.0 Å². The third-order valence-corrected chi connectivity index (χ3v) is 2.45. The second-order valence-corrected chi connectivity index (χ2v) is 3.81. The lowest BCUT2D eigenvalue weighted by Crippen LogP contribution is -1.99. The number of nitrogens with zero attached hydrogens (tertiary/aromatic N) is 1. The molecule has 0 bridgehead atoms. The average Bonchev–Trinajstić information content (AvgIpc) is 2.72. The molecule has 5 heteroatoms. The highest BCUT2D eigenvalue weighted by Gasteiger charge is 2.16. The van der Waals surface area contributed by atoms with Crippen molar-refractivity contribution in [1.82, 2.24) is 9.97 Å². The molecule has 1 aromatic carbocycles. The van der Waals surface area contributed by atoms with Crippen molar-refractivity contribution in [3.05, 3.63) is 35.8 Å². The molecule has 94 valence electrons. The van der Waals surface area contributed by atoms with Crippen LogP contribution in [0.5, 0.6) is 5.75 Å². The molecule has 1 aromatic heterocycles. The summed E-state index contributed by atoms with van der Waals surface area (Å²) in [5.74, 6) is 0.253. The highest BCUT2D eigenvalue weighted by atomic mass is 16.5. The van der Waals surface area contributed by atoms with Crippen molar-refractivity contribution in [2.45, 2.75) is 13.8 Å². The fourth-order valence-corrected chi connectivity index (χ4v) is 1.76. The summed E-state index contributed by atoms with van der Waals surface area (Å²) in [7, 11) is 0. The SMILES string of the molecule is CCOc1cccc(-c2nc(C)[nH]c2C(=O)O)c1. The van der Waals surface area contributed by atoms with E-state index in [0.717, 1.165) is 5.56 Å². The Labute approximate surface area is 104 Å². The number of aromatic amines is 1. The molecule has 0 atom stereocenters. The zero-order valence-corrected chi connectivity index (χ0v) is 10.2. The second-order valence-electron chi connectivity index (χ2n) is 3.81. The van der Waals surface area contributed by atoms with Crippen molar-refractivity contribution < 1.29 is 14.6 Å². The van der Waals surface area contributed by atoms with Gasteiger partial charge in [-0.15, -0.1) is 0 Å². The van der Waals surface area contributed by atoms with Crippen LogP contribution < -0.4 is 4.74 Å². The van der Waals surface area contributed by atoms with Gasteiger partial charge in [-0.2, -0.15) is 0 Å². The van der Waals surface area contributed by atoms with Gasteiger partial charge in [0.05, 0.1) is 6.61 Å². The molecule has 0 amide bonds. The zero-order chi connectivity index (χ0) is 13.1. The van der Waals surface area contributed by atoms with Gasteiger partial charge in [0.15, 0.2) is 5.69 Å². The van der Waals surface area contributed by atoms with Gasteiger partial charge in [-0.05, 0) is 26.0 Å². The van der Waals surface area contributed by atoms with Crippen LogP contribution in [-0.4, -0.2) is 27.7 Å². The molecule has 0 aliphatic carbocycles. The predicted octanol–water partition coefficient (Wildman–Crippen LogP) is 2.48. The monoisotopic (exact) mass is 246 g/mol. The van der Waals surface area contributed by atoms with Crippen LogP contribution in [0.2, 0.25) is 0 Å². The molecule has 2 rings (SSSR count). The first-order valence-corrected chi connectivity index (χ1v) is 5.65. The van der Waals surface area contributed by atoms with Gasteiger partial charge < -0.3 is 14.8 Å². The number of aromatic carboxylic acids is 1. The van der Waals surface area contributed by atoms with Crippen LogP contribution in [0.25, 0.3) is 11.3 Å². The first-order valence-electron chi connectivity index (χ1n) is 5.65. The molecule has 2 N–H and O–H groups in total. The Morgan fingerprint density at radius 3 is 2.94 bits per heavy atom. The largest absolute Gasteiger partial charge is 0.494 e. The number of rotatable bonds is 4.